The topological polar surface area (TPSA) is 163 Å². The summed E-state index contributed by atoms with van der Waals surface area (Å²) in [6.45, 7) is -0.221. The molecule has 5 N–H and O–H groups in total. The molecular weight excluding hydrogens is 272 g/mol. The number of nitrogens with two attached hydrogens (primary N) is 1. The van der Waals surface area contributed by atoms with Crippen LogP contribution in [0, 0.1) is 5.21 Å². The number of rotatable bonds is 6. The van der Waals surface area contributed by atoms with Gasteiger partial charge < -0.3 is 26.4 Å². The average Bonchev–Trinajstić information content (AvgIpc) is 2.43. The molecule has 0 aliphatic carbocycles. The summed E-state index contributed by atoms with van der Waals surface area (Å²) in [4.78, 5) is 21.7. The fourth-order valence-corrected chi connectivity index (χ4v) is 1.53. The van der Waals surface area contributed by atoms with Crippen LogP contribution >= 0.6 is 0 Å². The summed E-state index contributed by atoms with van der Waals surface area (Å²) < 4.78 is 0. The molecule has 0 aromatic heterocycles. The molecule has 1 aromatic rings. The predicted molar refractivity (Wildman–Crippen MR) is 64.6 cm³/mol. The summed E-state index contributed by atoms with van der Waals surface area (Å²) in [5.41, 5.74) is 4.50. The normalized spacial score (nSPS) is 11.2. The van der Waals surface area contributed by atoms with Crippen LogP contribution in [0.2, 0.25) is 0 Å². The van der Waals surface area contributed by atoms with Gasteiger partial charge in [0.2, 0.25) is 5.28 Å². The van der Waals surface area contributed by atoms with Gasteiger partial charge in [0, 0.05) is 6.54 Å². The maximum absolute atomic E-state index is 11.4. The third-order valence-electron chi connectivity index (χ3n) is 2.38. The fourth-order valence-electron chi connectivity index (χ4n) is 1.53. The molecule has 1 rings (SSSR count). The zero-order chi connectivity index (χ0) is 15.3. The van der Waals surface area contributed by atoms with Crippen LogP contribution in [-0.2, 0) is 0 Å². The van der Waals surface area contributed by atoms with Crippen LogP contribution in [0.15, 0.2) is 23.5 Å². The Balaban J connectivity index is 3.46. The molecule has 0 fully saturated rings. The molecule has 0 saturated carbocycles. The largest absolute Gasteiger partial charge is 0.569 e. The van der Waals surface area contributed by atoms with Crippen molar-refractivity contribution in [2.45, 2.75) is 0 Å². The quantitative estimate of drug-likeness (QED) is 0.325. The first-order valence-electron chi connectivity index (χ1n) is 5.32. The van der Waals surface area contributed by atoms with Crippen LogP contribution in [0.3, 0.4) is 0 Å². The third-order valence-corrected chi connectivity index (χ3v) is 2.38. The SMILES string of the molecule is NCCN(c1cc(C(=O)O)ccc1C(=O)O)/[N+]([O-])=N/O. The third kappa shape index (κ3) is 3.11. The van der Waals surface area contributed by atoms with Gasteiger partial charge >= 0.3 is 11.9 Å². The molecule has 0 unspecified atom stereocenters. The van der Waals surface area contributed by atoms with Gasteiger partial charge in [-0.05, 0) is 18.2 Å². The summed E-state index contributed by atoms with van der Waals surface area (Å²) in [7, 11) is 0. The Labute approximate surface area is 112 Å². The molecule has 0 heterocycles. The number of aromatic carboxylic acids is 2. The Morgan fingerprint density at radius 2 is 2.00 bits per heavy atom. The molecule has 108 valence electrons. The van der Waals surface area contributed by atoms with Crippen molar-refractivity contribution < 1.29 is 30.0 Å². The lowest BCUT2D eigenvalue weighted by atomic mass is 10.1. The van der Waals surface area contributed by atoms with Crippen molar-refractivity contribution in [2.75, 3.05) is 18.1 Å². The van der Waals surface area contributed by atoms with Crippen molar-refractivity contribution in [3.05, 3.63) is 34.5 Å². The molecule has 0 saturated heterocycles. The van der Waals surface area contributed by atoms with Gasteiger partial charge in [0.05, 0.1) is 22.6 Å². The average molecular weight is 284 g/mol. The van der Waals surface area contributed by atoms with Gasteiger partial charge in [-0.15, -0.1) is 5.01 Å². The number of benzene rings is 1. The fraction of sp³-hybridized carbons (Fsp3) is 0.200. The Kier molecular flexibility index (Phi) is 4.81. The number of carboxylic acids is 2. The van der Waals surface area contributed by atoms with Gasteiger partial charge in [0.25, 0.3) is 0 Å². The summed E-state index contributed by atoms with van der Waals surface area (Å²) in [5.74, 6) is -2.67. The van der Waals surface area contributed by atoms with Crippen LogP contribution in [0.4, 0.5) is 5.69 Å². The molecule has 0 amide bonds. The van der Waals surface area contributed by atoms with E-state index in [2.05, 4.69) is 5.28 Å². The minimum Gasteiger partial charge on any atom is -0.569 e. The van der Waals surface area contributed by atoms with E-state index in [1.54, 1.807) is 0 Å². The van der Waals surface area contributed by atoms with E-state index in [1.807, 2.05) is 0 Å². The molecule has 10 heteroatoms. The van der Waals surface area contributed by atoms with Crippen molar-refractivity contribution in [1.29, 1.82) is 0 Å². The lowest BCUT2D eigenvalue weighted by molar-refractivity contribution is -0.567. The van der Waals surface area contributed by atoms with E-state index in [9.17, 15) is 14.8 Å². The molecule has 0 bridgehead atoms. The van der Waals surface area contributed by atoms with E-state index in [1.165, 1.54) is 0 Å². The van der Waals surface area contributed by atoms with Crippen molar-refractivity contribution in [3.63, 3.8) is 0 Å². The maximum atomic E-state index is 11.4. The predicted octanol–water partition coefficient (Wildman–Crippen LogP) is 0.115. The lowest BCUT2D eigenvalue weighted by Gasteiger charge is -2.18. The molecule has 0 aliphatic heterocycles. The van der Waals surface area contributed by atoms with Crippen molar-refractivity contribution in [2.24, 2.45) is 11.0 Å². The van der Waals surface area contributed by atoms with Crippen LogP contribution in [0.25, 0.3) is 0 Å². The maximum Gasteiger partial charge on any atom is 0.338 e. The van der Waals surface area contributed by atoms with E-state index >= 15 is 0 Å². The Hall–Kier alpha value is -2.88. The van der Waals surface area contributed by atoms with Gasteiger partial charge in [-0.3, -0.25) is 0 Å². The monoisotopic (exact) mass is 284 g/mol. The number of hydrazine groups is 1. The number of hydrogen-bond acceptors (Lipinski definition) is 5. The van der Waals surface area contributed by atoms with Gasteiger partial charge in [0.1, 0.15) is 5.69 Å². The molecule has 0 aliphatic rings. The van der Waals surface area contributed by atoms with Gasteiger partial charge in [0.15, 0.2) is 0 Å². The minimum atomic E-state index is -1.37. The number of nitrogens with zero attached hydrogens (tertiary/aromatic N) is 3. The van der Waals surface area contributed by atoms with Crippen LogP contribution in [0.1, 0.15) is 20.7 Å². The molecule has 0 radical (unpaired) electrons. The molecule has 10 nitrogen and oxygen atoms in total. The number of carbonyl (C=O) groups is 2. The summed E-state index contributed by atoms with van der Waals surface area (Å²) >= 11 is 0. The lowest BCUT2D eigenvalue weighted by Crippen LogP contribution is -2.36. The first-order valence-corrected chi connectivity index (χ1v) is 5.32. The highest BCUT2D eigenvalue weighted by molar-refractivity contribution is 5.97. The second kappa shape index (κ2) is 6.33. The Bertz CT molecular complexity index is 559. The summed E-state index contributed by atoms with van der Waals surface area (Å²) in [5, 5.41) is 40.9. The summed E-state index contributed by atoms with van der Waals surface area (Å²) in [6, 6.07) is 3.11. The molecular formula is C10H12N4O6. The van der Waals surface area contributed by atoms with Gasteiger partial charge in [-0.2, -0.15) is 0 Å². The Morgan fingerprint density at radius 1 is 1.35 bits per heavy atom. The van der Waals surface area contributed by atoms with E-state index in [4.69, 9.17) is 21.2 Å². The van der Waals surface area contributed by atoms with E-state index in [-0.39, 0.29) is 34.9 Å². The van der Waals surface area contributed by atoms with Gasteiger partial charge in [-0.1, -0.05) is 0 Å². The molecule has 1 aromatic carbocycles. The minimum absolute atomic E-state index is 0.0510. The second-order valence-electron chi connectivity index (χ2n) is 3.60. The molecule has 0 atom stereocenters. The van der Waals surface area contributed by atoms with E-state index < -0.39 is 11.9 Å². The smallest absolute Gasteiger partial charge is 0.338 e. The first kappa shape index (κ1) is 15.2. The molecule has 0 spiro atoms. The Morgan fingerprint density at radius 3 is 2.45 bits per heavy atom. The molecule has 20 heavy (non-hydrogen) atoms. The first-order chi connectivity index (χ1) is 9.42. The summed E-state index contributed by atoms with van der Waals surface area (Å²) in [6.07, 6.45) is 0. The van der Waals surface area contributed by atoms with Crippen molar-refractivity contribution in [1.82, 2.24) is 0 Å². The number of carboxylic acid groups (broad SMARTS) is 2. The highest BCUT2D eigenvalue weighted by Gasteiger charge is 2.24. The van der Waals surface area contributed by atoms with E-state index in [0.29, 0.717) is 5.01 Å². The van der Waals surface area contributed by atoms with E-state index in [0.717, 1.165) is 18.2 Å². The zero-order valence-corrected chi connectivity index (χ0v) is 10.1. The highest BCUT2D eigenvalue weighted by Crippen LogP contribution is 2.23. The standard InChI is InChI=1S/C10H12N4O6/c11-3-4-13(14(20)12-19)8-5-6(9(15)16)1-2-7(8)10(17)18/h1-2,5,19H,3-4,11H2,(H,15,16)(H,17,18)/b14-12-. The second-order valence-corrected chi connectivity index (χ2v) is 3.60. The zero-order valence-electron chi connectivity index (χ0n) is 10.1. The van der Waals surface area contributed by atoms with Crippen LogP contribution in [-0.4, -0.2) is 45.4 Å². The highest BCUT2D eigenvalue weighted by atomic mass is 16.6. The van der Waals surface area contributed by atoms with Crippen LogP contribution in [0.5, 0.6) is 0 Å². The number of hydrogen-bond donors (Lipinski definition) is 4. The van der Waals surface area contributed by atoms with Crippen LogP contribution < -0.4 is 10.7 Å². The van der Waals surface area contributed by atoms with Crippen molar-refractivity contribution >= 4 is 17.6 Å². The van der Waals surface area contributed by atoms with Crippen molar-refractivity contribution in [3.8, 4) is 0 Å². The number of anilines is 1. The van der Waals surface area contributed by atoms with Gasteiger partial charge in [-0.25, -0.2) is 9.59 Å².